The first-order valence-electron chi connectivity index (χ1n) is 6.46. The fourth-order valence-corrected chi connectivity index (χ4v) is 1.83. The first-order chi connectivity index (χ1) is 8.15. The van der Waals surface area contributed by atoms with Gasteiger partial charge in [-0.05, 0) is 20.3 Å². The van der Waals surface area contributed by atoms with Crippen LogP contribution in [0.5, 0.6) is 0 Å². The Labute approximate surface area is 103 Å². The predicted molar refractivity (Wildman–Crippen MR) is 70.1 cm³/mol. The fraction of sp³-hybridized carbons (Fsp3) is 0.692. The summed E-state index contributed by atoms with van der Waals surface area (Å²) in [6.45, 7) is 5.99. The molecule has 0 spiro atoms. The van der Waals surface area contributed by atoms with Crippen LogP contribution in [0, 0.1) is 13.8 Å². The highest BCUT2D eigenvalue weighted by molar-refractivity contribution is 5.91. The molecular weight excluding hydrogens is 214 g/mol. The standard InChI is InChI=1S/C13H23N3O/c1-4-5-6-7-8-9-12(17)14-13-10(2)15-16-11(13)3/h4-9H2,1-3H3,(H,14,17)(H,15,16). The van der Waals surface area contributed by atoms with E-state index in [0.29, 0.717) is 6.42 Å². The van der Waals surface area contributed by atoms with E-state index in [0.717, 1.165) is 29.9 Å². The number of anilines is 1. The number of H-pyrrole nitrogens is 1. The number of amides is 1. The molecule has 4 nitrogen and oxygen atoms in total. The van der Waals surface area contributed by atoms with Crippen molar-refractivity contribution < 1.29 is 4.79 Å². The number of carbonyl (C=O) groups excluding carboxylic acids is 1. The van der Waals surface area contributed by atoms with Gasteiger partial charge >= 0.3 is 0 Å². The molecule has 0 radical (unpaired) electrons. The average molecular weight is 237 g/mol. The van der Waals surface area contributed by atoms with Crippen LogP contribution in [-0.2, 0) is 4.79 Å². The number of aromatic amines is 1. The molecule has 0 unspecified atom stereocenters. The van der Waals surface area contributed by atoms with Crippen molar-refractivity contribution in [2.45, 2.75) is 59.3 Å². The molecule has 1 heterocycles. The van der Waals surface area contributed by atoms with Crippen LogP contribution in [0.1, 0.15) is 56.8 Å². The van der Waals surface area contributed by atoms with Crippen molar-refractivity contribution >= 4 is 11.6 Å². The summed E-state index contributed by atoms with van der Waals surface area (Å²) in [5.41, 5.74) is 2.60. The monoisotopic (exact) mass is 237 g/mol. The minimum atomic E-state index is 0.0918. The Bertz CT molecular complexity index is 338. The summed E-state index contributed by atoms with van der Waals surface area (Å²) in [5, 5.41) is 9.83. The number of aromatic nitrogens is 2. The van der Waals surface area contributed by atoms with Gasteiger partial charge in [-0.2, -0.15) is 5.10 Å². The number of aryl methyl sites for hydroxylation is 2. The van der Waals surface area contributed by atoms with E-state index in [-0.39, 0.29) is 5.91 Å². The van der Waals surface area contributed by atoms with Crippen LogP contribution < -0.4 is 5.32 Å². The lowest BCUT2D eigenvalue weighted by Gasteiger charge is -2.05. The van der Waals surface area contributed by atoms with Crippen LogP contribution in [0.4, 0.5) is 5.69 Å². The molecule has 0 bridgehead atoms. The van der Waals surface area contributed by atoms with E-state index in [1.165, 1.54) is 19.3 Å². The maximum Gasteiger partial charge on any atom is 0.224 e. The lowest BCUT2D eigenvalue weighted by atomic mass is 10.1. The Hall–Kier alpha value is -1.32. The van der Waals surface area contributed by atoms with Gasteiger partial charge in [-0.1, -0.05) is 32.6 Å². The Morgan fingerprint density at radius 1 is 1.24 bits per heavy atom. The number of nitrogens with zero attached hydrogens (tertiary/aromatic N) is 1. The molecule has 2 N–H and O–H groups in total. The van der Waals surface area contributed by atoms with Crippen LogP contribution in [-0.4, -0.2) is 16.1 Å². The summed E-state index contributed by atoms with van der Waals surface area (Å²) in [5.74, 6) is 0.0918. The molecule has 0 fully saturated rings. The van der Waals surface area contributed by atoms with Crippen molar-refractivity contribution in [3.63, 3.8) is 0 Å². The van der Waals surface area contributed by atoms with E-state index in [4.69, 9.17) is 0 Å². The van der Waals surface area contributed by atoms with Crippen LogP contribution in [0.15, 0.2) is 0 Å². The molecule has 0 aliphatic carbocycles. The van der Waals surface area contributed by atoms with Gasteiger partial charge in [-0.25, -0.2) is 0 Å². The number of hydrogen-bond donors (Lipinski definition) is 2. The van der Waals surface area contributed by atoms with Crippen molar-refractivity contribution in [2.75, 3.05) is 5.32 Å². The van der Waals surface area contributed by atoms with Crippen molar-refractivity contribution in [1.82, 2.24) is 10.2 Å². The molecule has 1 aromatic rings. The molecule has 1 aromatic heterocycles. The summed E-state index contributed by atoms with van der Waals surface area (Å²) in [7, 11) is 0. The minimum Gasteiger partial charge on any atom is -0.323 e. The maximum atomic E-state index is 11.7. The molecule has 96 valence electrons. The summed E-state index contributed by atoms with van der Waals surface area (Å²) in [6.07, 6.45) is 6.45. The second-order valence-electron chi connectivity index (χ2n) is 4.52. The van der Waals surface area contributed by atoms with Crippen LogP contribution >= 0.6 is 0 Å². The van der Waals surface area contributed by atoms with E-state index >= 15 is 0 Å². The molecule has 0 aliphatic heterocycles. The first kappa shape index (κ1) is 13.7. The lowest BCUT2D eigenvalue weighted by molar-refractivity contribution is -0.116. The minimum absolute atomic E-state index is 0.0918. The summed E-state index contributed by atoms with van der Waals surface area (Å²) in [6, 6.07) is 0. The first-order valence-corrected chi connectivity index (χ1v) is 6.46. The molecule has 4 heteroatoms. The lowest BCUT2D eigenvalue weighted by Crippen LogP contribution is -2.12. The molecule has 0 aliphatic rings. The van der Waals surface area contributed by atoms with E-state index in [9.17, 15) is 4.79 Å². The normalized spacial score (nSPS) is 10.5. The van der Waals surface area contributed by atoms with E-state index in [1.54, 1.807) is 0 Å². The van der Waals surface area contributed by atoms with Crippen LogP contribution in [0.3, 0.4) is 0 Å². The van der Waals surface area contributed by atoms with Crippen molar-refractivity contribution in [3.8, 4) is 0 Å². The topological polar surface area (TPSA) is 57.8 Å². The quantitative estimate of drug-likeness (QED) is 0.715. The second-order valence-corrected chi connectivity index (χ2v) is 4.52. The Morgan fingerprint density at radius 3 is 2.53 bits per heavy atom. The highest BCUT2D eigenvalue weighted by Gasteiger charge is 2.09. The molecule has 1 rings (SSSR count). The maximum absolute atomic E-state index is 11.7. The number of hydrogen-bond acceptors (Lipinski definition) is 2. The largest absolute Gasteiger partial charge is 0.323 e. The molecular formula is C13H23N3O. The zero-order valence-corrected chi connectivity index (χ0v) is 11.1. The molecule has 1 amide bonds. The van der Waals surface area contributed by atoms with Gasteiger partial charge in [0.05, 0.1) is 17.1 Å². The van der Waals surface area contributed by atoms with Crippen LogP contribution in [0.2, 0.25) is 0 Å². The third-order valence-electron chi connectivity index (χ3n) is 2.90. The van der Waals surface area contributed by atoms with Crippen molar-refractivity contribution in [1.29, 1.82) is 0 Å². The van der Waals surface area contributed by atoms with Crippen molar-refractivity contribution in [3.05, 3.63) is 11.4 Å². The number of rotatable bonds is 7. The van der Waals surface area contributed by atoms with E-state index in [2.05, 4.69) is 22.4 Å². The average Bonchev–Trinajstić information content (AvgIpc) is 2.60. The molecule has 0 atom stereocenters. The third-order valence-corrected chi connectivity index (χ3v) is 2.90. The van der Waals surface area contributed by atoms with Gasteiger partial charge < -0.3 is 5.32 Å². The van der Waals surface area contributed by atoms with Gasteiger partial charge in [0.2, 0.25) is 5.91 Å². The fourth-order valence-electron chi connectivity index (χ4n) is 1.83. The predicted octanol–water partition coefficient (Wildman–Crippen LogP) is 3.33. The zero-order chi connectivity index (χ0) is 12.7. The molecule has 0 saturated heterocycles. The zero-order valence-electron chi connectivity index (χ0n) is 11.1. The smallest absolute Gasteiger partial charge is 0.224 e. The van der Waals surface area contributed by atoms with Gasteiger partial charge in [0.1, 0.15) is 0 Å². The summed E-state index contributed by atoms with van der Waals surface area (Å²) in [4.78, 5) is 11.7. The van der Waals surface area contributed by atoms with Gasteiger partial charge in [0.25, 0.3) is 0 Å². The van der Waals surface area contributed by atoms with Gasteiger partial charge in [-0.15, -0.1) is 0 Å². The SMILES string of the molecule is CCCCCCCC(=O)Nc1c(C)n[nH]c1C. The number of unbranched alkanes of at least 4 members (excludes halogenated alkanes) is 4. The Kier molecular flexibility index (Phi) is 5.73. The van der Waals surface area contributed by atoms with Crippen LogP contribution in [0.25, 0.3) is 0 Å². The number of nitrogens with one attached hydrogen (secondary N) is 2. The van der Waals surface area contributed by atoms with E-state index < -0.39 is 0 Å². The second kappa shape index (κ2) is 7.09. The Morgan fingerprint density at radius 2 is 1.94 bits per heavy atom. The van der Waals surface area contributed by atoms with Gasteiger partial charge in [0.15, 0.2) is 0 Å². The summed E-state index contributed by atoms with van der Waals surface area (Å²) < 4.78 is 0. The van der Waals surface area contributed by atoms with Gasteiger partial charge in [0, 0.05) is 6.42 Å². The summed E-state index contributed by atoms with van der Waals surface area (Å²) >= 11 is 0. The van der Waals surface area contributed by atoms with Gasteiger partial charge in [-0.3, -0.25) is 9.89 Å². The molecule has 0 aromatic carbocycles. The molecule has 17 heavy (non-hydrogen) atoms. The third kappa shape index (κ3) is 4.59. The number of carbonyl (C=O) groups is 1. The highest BCUT2D eigenvalue weighted by Crippen LogP contribution is 2.16. The highest BCUT2D eigenvalue weighted by atomic mass is 16.1. The van der Waals surface area contributed by atoms with Crippen molar-refractivity contribution in [2.24, 2.45) is 0 Å². The van der Waals surface area contributed by atoms with E-state index in [1.807, 2.05) is 13.8 Å². The molecule has 0 saturated carbocycles. The Balaban J connectivity index is 2.26.